The van der Waals surface area contributed by atoms with E-state index in [4.69, 9.17) is 4.98 Å². The fraction of sp³-hybridized carbons (Fsp3) is 0.348. The average molecular weight is 406 g/mol. The predicted molar refractivity (Wildman–Crippen MR) is 118 cm³/mol. The number of fused-ring (bicyclic) bond motifs is 1. The number of rotatable bonds is 5. The molecule has 1 aliphatic heterocycles. The van der Waals surface area contributed by atoms with Gasteiger partial charge >= 0.3 is 6.03 Å². The summed E-state index contributed by atoms with van der Waals surface area (Å²) in [5, 5.41) is 3.05. The van der Waals surface area contributed by atoms with Gasteiger partial charge in [0.05, 0.1) is 11.0 Å². The van der Waals surface area contributed by atoms with Crippen molar-refractivity contribution in [3.05, 3.63) is 60.2 Å². The Bertz CT molecular complexity index is 1020. The molecule has 0 spiro atoms. The molecule has 0 unspecified atom stereocenters. The molecular weight excluding hydrogens is 378 g/mol. The van der Waals surface area contributed by atoms with Crippen molar-refractivity contribution < 1.29 is 9.59 Å². The van der Waals surface area contributed by atoms with Gasteiger partial charge in [0.15, 0.2) is 0 Å². The molecule has 0 aliphatic carbocycles. The number of hydrogen-bond donors (Lipinski definition) is 1. The third-order valence-corrected chi connectivity index (χ3v) is 5.52. The van der Waals surface area contributed by atoms with Crippen LogP contribution in [0, 0.1) is 0 Å². The monoisotopic (exact) mass is 405 g/mol. The van der Waals surface area contributed by atoms with Crippen LogP contribution in [0.15, 0.2) is 54.6 Å². The molecule has 1 N–H and O–H groups in total. The van der Waals surface area contributed by atoms with Crippen molar-refractivity contribution in [3.8, 4) is 0 Å². The number of nitrogens with zero attached hydrogens (tertiary/aromatic N) is 4. The van der Waals surface area contributed by atoms with E-state index in [1.807, 2.05) is 47.4 Å². The Hall–Kier alpha value is -3.35. The molecule has 30 heavy (non-hydrogen) atoms. The largest absolute Gasteiger partial charge is 0.339 e. The molecule has 7 nitrogen and oxygen atoms in total. The van der Waals surface area contributed by atoms with Gasteiger partial charge in [-0.1, -0.05) is 42.5 Å². The van der Waals surface area contributed by atoms with Gasteiger partial charge in [-0.25, -0.2) is 14.3 Å². The second-order valence-electron chi connectivity index (χ2n) is 7.55. The van der Waals surface area contributed by atoms with E-state index in [9.17, 15) is 9.59 Å². The number of imidazole rings is 1. The van der Waals surface area contributed by atoms with Crippen LogP contribution in [-0.4, -0.2) is 59.1 Å². The fourth-order valence-electron chi connectivity index (χ4n) is 3.86. The molecule has 1 aromatic heterocycles. The predicted octanol–water partition coefficient (Wildman–Crippen LogP) is 2.90. The number of amides is 2. The van der Waals surface area contributed by atoms with Gasteiger partial charge in [0, 0.05) is 39.6 Å². The zero-order chi connectivity index (χ0) is 20.9. The third kappa shape index (κ3) is 4.30. The Balaban J connectivity index is 1.47. The standard InChI is InChI=1S/C23H27N5O2/c1-18(29)26-14-16-27(17-15-26)22-25-20-11-5-6-12-21(20)28(22)23(30)24-13-7-10-19-8-3-2-4-9-19/h2-6,8-9,11-12H,7,10,13-17H2,1H3,(H,24,30). The molecule has 1 saturated heterocycles. The van der Waals surface area contributed by atoms with Gasteiger partial charge < -0.3 is 15.1 Å². The SMILES string of the molecule is CC(=O)N1CCN(c2nc3ccccc3n2C(=O)NCCCc2ccccc2)CC1. The molecule has 0 saturated carbocycles. The Morgan fingerprint density at radius 2 is 1.67 bits per heavy atom. The molecule has 1 fully saturated rings. The van der Waals surface area contributed by atoms with E-state index in [1.54, 1.807) is 11.5 Å². The van der Waals surface area contributed by atoms with E-state index in [1.165, 1.54) is 5.56 Å². The van der Waals surface area contributed by atoms with Crippen molar-refractivity contribution in [2.75, 3.05) is 37.6 Å². The van der Waals surface area contributed by atoms with Crippen molar-refractivity contribution in [1.29, 1.82) is 0 Å². The number of aryl methyl sites for hydroxylation is 1. The quantitative estimate of drug-likeness (QED) is 0.663. The zero-order valence-electron chi connectivity index (χ0n) is 17.3. The average Bonchev–Trinajstić information content (AvgIpc) is 3.17. The molecule has 2 heterocycles. The summed E-state index contributed by atoms with van der Waals surface area (Å²) in [6.45, 7) is 4.77. The van der Waals surface area contributed by atoms with Gasteiger partial charge in [0.2, 0.25) is 11.9 Å². The number of nitrogens with one attached hydrogen (secondary N) is 1. The highest BCUT2D eigenvalue weighted by Crippen LogP contribution is 2.23. The van der Waals surface area contributed by atoms with Gasteiger partial charge in [-0.3, -0.25) is 4.79 Å². The van der Waals surface area contributed by atoms with E-state index >= 15 is 0 Å². The van der Waals surface area contributed by atoms with Gasteiger partial charge in [-0.2, -0.15) is 0 Å². The number of hydrogen-bond acceptors (Lipinski definition) is 4. The Morgan fingerprint density at radius 3 is 2.40 bits per heavy atom. The van der Waals surface area contributed by atoms with Crippen LogP contribution in [0.4, 0.5) is 10.7 Å². The summed E-state index contributed by atoms with van der Waals surface area (Å²) in [6, 6.07) is 17.8. The summed E-state index contributed by atoms with van der Waals surface area (Å²) >= 11 is 0. The summed E-state index contributed by atoms with van der Waals surface area (Å²) in [5.41, 5.74) is 2.85. The van der Waals surface area contributed by atoms with Gasteiger partial charge in [0.1, 0.15) is 0 Å². The minimum atomic E-state index is -0.166. The molecule has 0 atom stereocenters. The lowest BCUT2D eigenvalue weighted by Gasteiger charge is -2.34. The molecule has 1 aliphatic rings. The number of aromatic nitrogens is 2. The summed E-state index contributed by atoms with van der Waals surface area (Å²) in [5.74, 6) is 0.722. The molecular formula is C23H27N5O2. The molecule has 4 rings (SSSR count). The first kappa shape index (κ1) is 19.9. The van der Waals surface area contributed by atoms with Gasteiger partial charge in [-0.15, -0.1) is 0 Å². The highest BCUT2D eigenvalue weighted by atomic mass is 16.2. The van der Waals surface area contributed by atoms with E-state index in [0.717, 1.165) is 23.9 Å². The van der Waals surface area contributed by atoms with E-state index < -0.39 is 0 Å². The zero-order valence-corrected chi connectivity index (χ0v) is 17.3. The lowest BCUT2D eigenvalue weighted by Crippen LogP contribution is -2.49. The van der Waals surface area contributed by atoms with Crippen LogP contribution in [0.2, 0.25) is 0 Å². The van der Waals surface area contributed by atoms with Crippen molar-refractivity contribution in [2.45, 2.75) is 19.8 Å². The number of carbonyl (C=O) groups is 2. The van der Waals surface area contributed by atoms with E-state index in [-0.39, 0.29) is 11.9 Å². The first-order chi connectivity index (χ1) is 14.6. The van der Waals surface area contributed by atoms with Crippen LogP contribution in [0.1, 0.15) is 18.9 Å². The summed E-state index contributed by atoms with van der Waals surface area (Å²) in [4.78, 5) is 33.4. The highest BCUT2D eigenvalue weighted by molar-refractivity contribution is 5.93. The van der Waals surface area contributed by atoms with Crippen molar-refractivity contribution in [3.63, 3.8) is 0 Å². The summed E-state index contributed by atoms with van der Waals surface area (Å²) in [7, 11) is 0. The first-order valence-electron chi connectivity index (χ1n) is 10.4. The van der Waals surface area contributed by atoms with Crippen LogP contribution in [-0.2, 0) is 11.2 Å². The Labute approximate surface area is 176 Å². The van der Waals surface area contributed by atoms with Crippen molar-refractivity contribution in [1.82, 2.24) is 19.8 Å². The first-order valence-corrected chi connectivity index (χ1v) is 10.4. The van der Waals surface area contributed by atoms with E-state index in [0.29, 0.717) is 38.7 Å². The molecule has 0 bridgehead atoms. The maximum Gasteiger partial charge on any atom is 0.328 e. The molecule has 156 valence electrons. The van der Waals surface area contributed by atoms with E-state index in [2.05, 4.69) is 22.3 Å². The number of para-hydroxylation sites is 2. The van der Waals surface area contributed by atoms with Crippen LogP contribution in [0.25, 0.3) is 11.0 Å². The molecule has 2 aromatic carbocycles. The highest BCUT2D eigenvalue weighted by Gasteiger charge is 2.25. The second-order valence-corrected chi connectivity index (χ2v) is 7.55. The topological polar surface area (TPSA) is 70.5 Å². The maximum absolute atomic E-state index is 13.1. The minimum absolute atomic E-state index is 0.0827. The minimum Gasteiger partial charge on any atom is -0.339 e. The fourth-order valence-corrected chi connectivity index (χ4v) is 3.86. The lowest BCUT2D eigenvalue weighted by atomic mass is 10.1. The number of benzene rings is 2. The van der Waals surface area contributed by atoms with Crippen LogP contribution in [0.3, 0.4) is 0 Å². The molecule has 2 amide bonds. The number of carbonyl (C=O) groups excluding carboxylic acids is 2. The molecule has 3 aromatic rings. The number of piperazine rings is 1. The van der Waals surface area contributed by atoms with Gasteiger partial charge in [0.25, 0.3) is 0 Å². The molecule has 7 heteroatoms. The summed E-state index contributed by atoms with van der Waals surface area (Å²) < 4.78 is 1.67. The van der Waals surface area contributed by atoms with Crippen molar-refractivity contribution in [2.24, 2.45) is 0 Å². The third-order valence-electron chi connectivity index (χ3n) is 5.52. The van der Waals surface area contributed by atoms with Gasteiger partial charge in [-0.05, 0) is 30.5 Å². The van der Waals surface area contributed by atoms with Crippen molar-refractivity contribution >= 4 is 28.9 Å². The van der Waals surface area contributed by atoms with Crippen LogP contribution < -0.4 is 10.2 Å². The smallest absolute Gasteiger partial charge is 0.328 e. The Morgan fingerprint density at radius 1 is 0.967 bits per heavy atom. The Kier molecular flexibility index (Phi) is 5.97. The summed E-state index contributed by atoms with van der Waals surface area (Å²) in [6.07, 6.45) is 1.79. The lowest BCUT2D eigenvalue weighted by molar-refractivity contribution is -0.129. The molecule has 0 radical (unpaired) electrons. The number of anilines is 1. The normalized spacial score (nSPS) is 14.2. The maximum atomic E-state index is 13.1. The van der Waals surface area contributed by atoms with Crippen LogP contribution >= 0.6 is 0 Å². The van der Waals surface area contributed by atoms with Crippen LogP contribution in [0.5, 0.6) is 0 Å². The second kappa shape index (κ2) is 8.98.